The van der Waals surface area contributed by atoms with Crippen LogP contribution in [0.15, 0.2) is 0 Å². The van der Waals surface area contributed by atoms with Gasteiger partial charge in [-0.05, 0) is 12.8 Å². The minimum absolute atomic E-state index is 0.353. The maximum absolute atomic E-state index is 5.55. The van der Waals surface area contributed by atoms with Gasteiger partial charge in [0.15, 0.2) is 0 Å². The normalized spacial score (nSPS) is 24.9. The van der Waals surface area contributed by atoms with Crippen molar-refractivity contribution in [3.8, 4) is 0 Å². The predicted octanol–water partition coefficient (Wildman–Crippen LogP) is 0.170. The van der Waals surface area contributed by atoms with E-state index in [1.807, 2.05) is 0 Å². The van der Waals surface area contributed by atoms with Gasteiger partial charge in [0.2, 0.25) is 0 Å². The van der Waals surface area contributed by atoms with Gasteiger partial charge >= 0.3 is 0 Å². The molecule has 0 amide bonds. The third kappa shape index (κ3) is 3.20. The highest BCUT2D eigenvalue weighted by Gasteiger charge is 2.18. The number of nitrogens with one attached hydrogen (secondary N) is 1. The summed E-state index contributed by atoms with van der Waals surface area (Å²) in [4.78, 5) is 0. The van der Waals surface area contributed by atoms with E-state index in [-0.39, 0.29) is 0 Å². The Morgan fingerprint density at radius 3 is 2.57 bits per heavy atom. The van der Waals surface area contributed by atoms with E-state index in [2.05, 4.69) is 5.32 Å². The molecule has 2 aliphatic heterocycles. The largest absolute Gasteiger partial charge is 0.381 e. The molecule has 1 N–H and O–H groups in total. The summed E-state index contributed by atoms with van der Waals surface area (Å²) in [5.41, 5.74) is 0. The predicted molar refractivity (Wildman–Crippen MR) is 52.4 cm³/mol. The van der Waals surface area contributed by atoms with Gasteiger partial charge in [-0.25, -0.2) is 0 Å². The molecule has 2 aliphatic rings. The van der Waals surface area contributed by atoms with E-state index in [0.717, 1.165) is 52.4 Å². The van der Waals surface area contributed by atoms with Crippen LogP contribution in [-0.2, 0) is 14.2 Å². The van der Waals surface area contributed by atoms with Crippen LogP contribution in [0, 0.1) is 0 Å². The Morgan fingerprint density at radius 1 is 1.14 bits per heavy atom. The van der Waals surface area contributed by atoms with Crippen LogP contribution < -0.4 is 5.32 Å². The minimum Gasteiger partial charge on any atom is -0.381 e. The van der Waals surface area contributed by atoms with E-state index >= 15 is 0 Å². The molecule has 0 unspecified atom stereocenters. The van der Waals surface area contributed by atoms with Crippen molar-refractivity contribution in [3.63, 3.8) is 0 Å². The van der Waals surface area contributed by atoms with Crippen LogP contribution >= 0.6 is 0 Å². The lowest BCUT2D eigenvalue weighted by atomic mass is 10.1. The van der Waals surface area contributed by atoms with Gasteiger partial charge in [0.1, 0.15) is 6.10 Å². The van der Waals surface area contributed by atoms with Crippen LogP contribution in [0.3, 0.4) is 0 Å². The molecule has 0 aromatic carbocycles. The second kappa shape index (κ2) is 5.66. The van der Waals surface area contributed by atoms with Crippen molar-refractivity contribution in [2.45, 2.75) is 25.0 Å². The molecule has 2 fully saturated rings. The molecular formula is C10H19NO3. The van der Waals surface area contributed by atoms with Gasteiger partial charge in [0.25, 0.3) is 0 Å². The maximum Gasteiger partial charge on any atom is 0.104 e. The monoisotopic (exact) mass is 201 g/mol. The highest BCUT2D eigenvalue weighted by atomic mass is 16.6. The van der Waals surface area contributed by atoms with E-state index in [4.69, 9.17) is 14.2 Å². The molecule has 0 radical (unpaired) electrons. The molecule has 2 heterocycles. The molecule has 2 saturated heterocycles. The Balaban J connectivity index is 1.45. The lowest BCUT2D eigenvalue weighted by molar-refractivity contribution is -0.128. The highest BCUT2D eigenvalue weighted by molar-refractivity contribution is 4.70. The first kappa shape index (κ1) is 10.4. The molecule has 0 bridgehead atoms. The van der Waals surface area contributed by atoms with Gasteiger partial charge in [-0.3, -0.25) is 0 Å². The summed E-state index contributed by atoms with van der Waals surface area (Å²) in [6.45, 7) is 5.09. The summed E-state index contributed by atoms with van der Waals surface area (Å²) >= 11 is 0. The lowest BCUT2D eigenvalue weighted by Crippen LogP contribution is -2.40. The summed E-state index contributed by atoms with van der Waals surface area (Å²) < 4.78 is 15.9. The van der Waals surface area contributed by atoms with Crippen molar-refractivity contribution in [1.82, 2.24) is 5.32 Å². The van der Waals surface area contributed by atoms with Crippen molar-refractivity contribution >= 4 is 0 Å². The van der Waals surface area contributed by atoms with Crippen molar-refractivity contribution < 1.29 is 14.2 Å². The van der Waals surface area contributed by atoms with Crippen LogP contribution in [0.1, 0.15) is 12.8 Å². The van der Waals surface area contributed by atoms with Gasteiger partial charge in [-0.1, -0.05) is 0 Å². The van der Waals surface area contributed by atoms with Crippen molar-refractivity contribution in [3.05, 3.63) is 0 Å². The zero-order valence-electron chi connectivity index (χ0n) is 8.54. The Kier molecular flexibility index (Phi) is 4.19. The number of ether oxygens (including phenoxy) is 3. The third-order valence-electron chi connectivity index (χ3n) is 2.72. The zero-order valence-corrected chi connectivity index (χ0v) is 8.54. The van der Waals surface area contributed by atoms with Gasteiger partial charge in [-0.15, -0.1) is 0 Å². The van der Waals surface area contributed by atoms with Crippen LogP contribution in [0.5, 0.6) is 0 Å². The summed E-state index contributed by atoms with van der Waals surface area (Å²) in [6.07, 6.45) is 2.62. The first-order valence-corrected chi connectivity index (χ1v) is 5.45. The second-order valence-corrected chi connectivity index (χ2v) is 3.87. The Bertz CT molecular complexity index is 155. The molecule has 0 aromatic rings. The first-order chi connectivity index (χ1) is 6.95. The van der Waals surface area contributed by atoms with Crippen LogP contribution in [0.4, 0.5) is 0 Å². The molecular weight excluding hydrogens is 182 g/mol. The smallest absolute Gasteiger partial charge is 0.104 e. The van der Waals surface area contributed by atoms with E-state index in [1.54, 1.807) is 0 Å². The molecule has 0 aromatic heterocycles. The van der Waals surface area contributed by atoms with Crippen molar-refractivity contribution in [1.29, 1.82) is 0 Å². The van der Waals surface area contributed by atoms with Crippen LogP contribution in [0.25, 0.3) is 0 Å². The fourth-order valence-electron chi connectivity index (χ4n) is 1.70. The average Bonchev–Trinajstić information content (AvgIpc) is 2.16. The standard InChI is InChI=1S/C10H19NO3/c1-4-12-5-2-9(1)11-3-6-14-10-7-13-8-10/h9-11H,1-8H2. The molecule has 4 nitrogen and oxygen atoms in total. The topological polar surface area (TPSA) is 39.7 Å². The summed E-state index contributed by atoms with van der Waals surface area (Å²) in [6, 6.07) is 0.630. The quantitative estimate of drug-likeness (QED) is 0.644. The second-order valence-electron chi connectivity index (χ2n) is 3.87. The summed E-state index contributed by atoms with van der Waals surface area (Å²) in [7, 11) is 0. The van der Waals surface area contributed by atoms with Gasteiger partial charge < -0.3 is 19.5 Å². The minimum atomic E-state index is 0.353. The molecule has 82 valence electrons. The zero-order chi connectivity index (χ0) is 9.64. The first-order valence-electron chi connectivity index (χ1n) is 5.45. The summed E-state index contributed by atoms with van der Waals surface area (Å²) in [5.74, 6) is 0. The van der Waals surface area contributed by atoms with E-state index in [0.29, 0.717) is 12.1 Å². The Hall–Kier alpha value is -0.160. The SMILES string of the molecule is C(COC1COC1)NC1CCOCC1. The number of hydrogen-bond donors (Lipinski definition) is 1. The molecule has 0 saturated carbocycles. The van der Waals surface area contributed by atoms with Gasteiger partial charge in [0.05, 0.1) is 19.8 Å². The Labute approximate surface area is 84.9 Å². The molecule has 14 heavy (non-hydrogen) atoms. The highest BCUT2D eigenvalue weighted by Crippen LogP contribution is 2.06. The fraction of sp³-hybridized carbons (Fsp3) is 1.00. The number of rotatable bonds is 5. The summed E-state index contributed by atoms with van der Waals surface area (Å²) in [5, 5.41) is 3.48. The molecule has 4 heteroatoms. The van der Waals surface area contributed by atoms with Crippen LogP contribution in [-0.4, -0.2) is 51.7 Å². The van der Waals surface area contributed by atoms with E-state index in [9.17, 15) is 0 Å². The van der Waals surface area contributed by atoms with E-state index < -0.39 is 0 Å². The third-order valence-corrected chi connectivity index (χ3v) is 2.72. The average molecular weight is 201 g/mol. The maximum atomic E-state index is 5.55. The molecule has 2 rings (SSSR count). The van der Waals surface area contributed by atoms with E-state index in [1.165, 1.54) is 0 Å². The molecule has 0 spiro atoms. The van der Waals surface area contributed by atoms with Crippen LogP contribution in [0.2, 0.25) is 0 Å². The lowest BCUT2D eigenvalue weighted by Gasteiger charge is -2.27. The Morgan fingerprint density at radius 2 is 1.93 bits per heavy atom. The fourth-order valence-corrected chi connectivity index (χ4v) is 1.70. The van der Waals surface area contributed by atoms with Crippen molar-refractivity contribution in [2.24, 2.45) is 0 Å². The molecule has 0 atom stereocenters. The number of hydrogen-bond acceptors (Lipinski definition) is 4. The van der Waals surface area contributed by atoms with Gasteiger partial charge in [-0.2, -0.15) is 0 Å². The molecule has 0 aliphatic carbocycles. The van der Waals surface area contributed by atoms with Crippen molar-refractivity contribution in [2.75, 3.05) is 39.6 Å². The van der Waals surface area contributed by atoms with Gasteiger partial charge in [0, 0.05) is 25.8 Å².